The van der Waals surface area contributed by atoms with Crippen molar-refractivity contribution < 1.29 is 23.5 Å². The van der Waals surface area contributed by atoms with Gasteiger partial charge < -0.3 is 15.3 Å². The topological polar surface area (TPSA) is 90.7 Å². The molecule has 1 unspecified atom stereocenters. The molecule has 10 heteroatoms. The Balaban J connectivity index is 1.53. The van der Waals surface area contributed by atoms with Gasteiger partial charge in [0.05, 0.1) is 35.7 Å². The van der Waals surface area contributed by atoms with Crippen LogP contribution in [0, 0.1) is 5.92 Å². The molecule has 1 saturated carbocycles. The van der Waals surface area contributed by atoms with Crippen LogP contribution < -0.4 is 15.1 Å². The van der Waals surface area contributed by atoms with E-state index in [0.29, 0.717) is 17.4 Å². The van der Waals surface area contributed by atoms with Crippen LogP contribution in [0.15, 0.2) is 30.6 Å². The van der Waals surface area contributed by atoms with Gasteiger partial charge in [-0.05, 0) is 69.3 Å². The van der Waals surface area contributed by atoms with Gasteiger partial charge in [0.15, 0.2) is 0 Å². The number of benzene rings is 1. The number of nitrogens with zero attached hydrogens (tertiary/aromatic N) is 4. The summed E-state index contributed by atoms with van der Waals surface area (Å²) in [4.78, 5) is 28.3. The maximum absolute atomic E-state index is 13.9. The fraction of sp³-hybridized carbons (Fsp3) is 0.577. The molecule has 8 nitrogen and oxygen atoms in total. The van der Waals surface area contributed by atoms with E-state index in [-0.39, 0.29) is 37.5 Å². The Hall–Kier alpha value is -3.01. The predicted octanol–water partition coefficient (Wildman–Crippen LogP) is 4.91. The molecule has 0 radical (unpaired) electrons. The lowest BCUT2D eigenvalue weighted by Gasteiger charge is -2.49. The van der Waals surface area contributed by atoms with Crippen LogP contribution in [0.4, 0.5) is 25.0 Å². The normalized spacial score (nSPS) is 25.0. The minimum atomic E-state index is -2.72. The van der Waals surface area contributed by atoms with Crippen molar-refractivity contribution in [3.63, 3.8) is 0 Å². The van der Waals surface area contributed by atoms with Crippen molar-refractivity contribution in [2.24, 2.45) is 5.92 Å². The van der Waals surface area contributed by atoms with Crippen LogP contribution in [0.3, 0.4) is 0 Å². The fourth-order valence-electron chi connectivity index (χ4n) is 6.30. The van der Waals surface area contributed by atoms with Gasteiger partial charge in [0.2, 0.25) is 11.8 Å². The number of alkyl halides is 2. The van der Waals surface area contributed by atoms with Gasteiger partial charge >= 0.3 is 6.09 Å². The maximum Gasteiger partial charge on any atom is 0.412 e. The smallest absolute Gasteiger partial charge is 0.412 e. The van der Waals surface area contributed by atoms with Crippen molar-refractivity contribution in [3.8, 4) is 11.1 Å². The van der Waals surface area contributed by atoms with Gasteiger partial charge in [-0.2, -0.15) is 5.10 Å². The summed E-state index contributed by atoms with van der Waals surface area (Å²) < 4.78 is 29.8. The second kappa shape index (κ2) is 9.46. The van der Waals surface area contributed by atoms with Gasteiger partial charge in [0.25, 0.3) is 0 Å². The molecule has 2 N–H and O–H groups in total. The molecule has 0 bridgehead atoms. The van der Waals surface area contributed by atoms with Crippen molar-refractivity contribution >= 4 is 23.4 Å². The number of carbonyl (C=O) groups is 2. The quantitative estimate of drug-likeness (QED) is 0.624. The van der Waals surface area contributed by atoms with Crippen molar-refractivity contribution in [1.29, 1.82) is 0 Å². The third-order valence-corrected chi connectivity index (χ3v) is 8.10. The van der Waals surface area contributed by atoms with Crippen LogP contribution in [0.2, 0.25) is 0 Å². The Bertz CT molecular complexity index is 1140. The summed E-state index contributed by atoms with van der Waals surface area (Å²) in [7, 11) is 0. The summed E-state index contributed by atoms with van der Waals surface area (Å²) in [6, 6.07) is 4.69. The summed E-state index contributed by atoms with van der Waals surface area (Å²) in [5, 5.41) is 18.2. The number of amides is 2. The van der Waals surface area contributed by atoms with Crippen LogP contribution in [-0.2, 0) is 4.79 Å². The number of piperidine rings is 1. The van der Waals surface area contributed by atoms with E-state index in [1.807, 2.05) is 23.9 Å². The molecule has 1 aromatic heterocycles. The highest BCUT2D eigenvalue weighted by Gasteiger charge is 2.48. The SMILES string of the molecule is CC(=O)N1c2ccc(-c3cnn(C4CCNCC4)c3)cc2N(C(=O)O)C(C2CCC(F)(F)CC2)[C@@H]1C. The van der Waals surface area contributed by atoms with Gasteiger partial charge in [0, 0.05) is 31.5 Å². The van der Waals surface area contributed by atoms with Gasteiger partial charge in [-0.25, -0.2) is 13.6 Å². The van der Waals surface area contributed by atoms with Crippen molar-refractivity contribution in [2.45, 2.75) is 76.4 Å². The second-order valence-electron chi connectivity index (χ2n) is 10.4. The fourth-order valence-corrected chi connectivity index (χ4v) is 6.30. The Kier molecular flexibility index (Phi) is 6.48. The van der Waals surface area contributed by atoms with E-state index in [1.54, 1.807) is 23.2 Å². The lowest BCUT2D eigenvalue weighted by Crippen LogP contribution is -2.61. The first-order valence-electron chi connectivity index (χ1n) is 12.8. The molecule has 1 saturated heterocycles. The number of nitrogens with one attached hydrogen (secondary N) is 1. The molecule has 2 fully saturated rings. The number of hydrogen-bond acceptors (Lipinski definition) is 4. The van der Waals surface area contributed by atoms with Gasteiger partial charge in [-0.15, -0.1) is 0 Å². The number of halogens is 2. The van der Waals surface area contributed by atoms with Crippen LogP contribution in [0.25, 0.3) is 11.1 Å². The Labute approximate surface area is 209 Å². The molecule has 5 rings (SSSR count). The number of fused-ring (bicyclic) bond motifs is 1. The first kappa shape index (κ1) is 24.7. The zero-order chi connectivity index (χ0) is 25.6. The Morgan fingerprint density at radius 1 is 1.06 bits per heavy atom. The maximum atomic E-state index is 13.9. The number of aromatic nitrogens is 2. The molecular weight excluding hydrogens is 468 g/mol. The Morgan fingerprint density at radius 3 is 2.39 bits per heavy atom. The average Bonchev–Trinajstić information content (AvgIpc) is 3.34. The monoisotopic (exact) mass is 501 g/mol. The highest BCUT2D eigenvalue weighted by molar-refractivity contribution is 6.03. The van der Waals surface area contributed by atoms with Crippen LogP contribution in [0.5, 0.6) is 0 Å². The zero-order valence-electron chi connectivity index (χ0n) is 20.7. The summed E-state index contributed by atoms with van der Waals surface area (Å²) in [6.45, 7) is 5.16. The minimum absolute atomic E-state index is 0.202. The summed E-state index contributed by atoms with van der Waals surface area (Å²) >= 11 is 0. The van der Waals surface area contributed by atoms with E-state index in [4.69, 9.17) is 0 Å². The molecule has 1 aromatic carbocycles. The number of anilines is 2. The third kappa shape index (κ3) is 4.47. The Morgan fingerprint density at radius 2 is 1.75 bits per heavy atom. The highest BCUT2D eigenvalue weighted by Crippen LogP contribution is 2.47. The molecule has 1 aliphatic carbocycles. The molecule has 194 valence electrons. The summed E-state index contributed by atoms with van der Waals surface area (Å²) in [6.07, 6.45) is 4.51. The van der Waals surface area contributed by atoms with Gasteiger partial charge in [-0.1, -0.05) is 6.07 Å². The van der Waals surface area contributed by atoms with Gasteiger partial charge in [-0.3, -0.25) is 14.4 Å². The number of hydrogen-bond donors (Lipinski definition) is 2. The standard InChI is InChI=1S/C26H33F2N5O3/c1-16-24(18-5-9-26(27,28)10-6-18)33(25(35)36)23-13-19(3-4-22(23)32(16)17(2)34)20-14-30-31(15-20)21-7-11-29-12-8-21/h3-4,13-16,18,21,24,29H,5-12H2,1-2H3,(H,35,36)/t16-,24?/m0/s1. The van der Waals surface area contributed by atoms with Gasteiger partial charge in [0.1, 0.15) is 0 Å². The third-order valence-electron chi connectivity index (χ3n) is 8.10. The lowest BCUT2D eigenvalue weighted by atomic mass is 9.77. The van der Waals surface area contributed by atoms with E-state index >= 15 is 0 Å². The molecular formula is C26H33F2N5O3. The molecule has 0 spiro atoms. The lowest BCUT2D eigenvalue weighted by molar-refractivity contribution is -0.117. The molecule has 3 heterocycles. The first-order chi connectivity index (χ1) is 17.2. The number of carboxylic acid groups (broad SMARTS) is 1. The molecule has 3 aliphatic rings. The predicted molar refractivity (Wildman–Crippen MR) is 133 cm³/mol. The van der Waals surface area contributed by atoms with Crippen molar-refractivity contribution in [3.05, 3.63) is 30.6 Å². The molecule has 2 aliphatic heterocycles. The molecule has 2 atom stereocenters. The van der Waals surface area contributed by atoms with Crippen molar-refractivity contribution in [1.82, 2.24) is 15.1 Å². The largest absolute Gasteiger partial charge is 0.465 e. The first-order valence-corrected chi connectivity index (χ1v) is 12.8. The van der Waals surface area contributed by atoms with E-state index in [1.165, 1.54) is 11.8 Å². The van der Waals surface area contributed by atoms with Crippen LogP contribution >= 0.6 is 0 Å². The van der Waals surface area contributed by atoms with Crippen LogP contribution in [0.1, 0.15) is 58.4 Å². The summed E-state index contributed by atoms with van der Waals surface area (Å²) in [5.41, 5.74) is 2.59. The second-order valence-corrected chi connectivity index (χ2v) is 10.4. The van der Waals surface area contributed by atoms with E-state index in [0.717, 1.165) is 37.1 Å². The summed E-state index contributed by atoms with van der Waals surface area (Å²) in [5.74, 6) is -3.19. The van der Waals surface area contributed by atoms with E-state index < -0.39 is 24.1 Å². The zero-order valence-corrected chi connectivity index (χ0v) is 20.7. The van der Waals surface area contributed by atoms with E-state index in [9.17, 15) is 23.5 Å². The minimum Gasteiger partial charge on any atom is -0.465 e. The van der Waals surface area contributed by atoms with Crippen LogP contribution in [-0.4, -0.2) is 58.0 Å². The molecule has 36 heavy (non-hydrogen) atoms. The highest BCUT2D eigenvalue weighted by atomic mass is 19.3. The number of carbonyl (C=O) groups excluding carboxylic acids is 1. The average molecular weight is 502 g/mol. The van der Waals surface area contributed by atoms with E-state index in [2.05, 4.69) is 10.4 Å². The number of rotatable bonds is 3. The van der Waals surface area contributed by atoms with Crippen molar-refractivity contribution in [2.75, 3.05) is 22.9 Å². The molecule has 2 amide bonds. The molecule has 2 aromatic rings.